The van der Waals surface area contributed by atoms with Gasteiger partial charge in [-0.3, -0.25) is 15.0 Å². The molecule has 5 rings (SSSR count). The summed E-state index contributed by atoms with van der Waals surface area (Å²) in [6, 6.07) is 6.00. The number of fused-ring (bicyclic) bond motifs is 1. The summed E-state index contributed by atoms with van der Waals surface area (Å²) >= 11 is 0. The molecule has 1 fully saturated rings. The van der Waals surface area contributed by atoms with E-state index in [0.717, 1.165) is 29.6 Å². The average molecular weight is 361 g/mol. The normalized spacial score (nSPS) is 15.7. The van der Waals surface area contributed by atoms with E-state index in [1.54, 1.807) is 29.2 Å². The Bertz CT molecular complexity index is 1310. The third kappa shape index (κ3) is 2.88. The van der Waals surface area contributed by atoms with Gasteiger partial charge in [0.15, 0.2) is 11.1 Å². The molecule has 9 nitrogen and oxygen atoms in total. The lowest BCUT2D eigenvalue weighted by Crippen LogP contribution is -2.19. The number of aromatic amines is 2. The van der Waals surface area contributed by atoms with E-state index < -0.39 is 5.69 Å². The van der Waals surface area contributed by atoms with Crippen molar-refractivity contribution >= 4 is 11.7 Å². The minimum atomic E-state index is -0.481. The lowest BCUT2D eigenvalue weighted by molar-refractivity contribution is 0.454. The molecule has 1 aliphatic rings. The molecule has 134 valence electrons. The highest BCUT2D eigenvalue weighted by molar-refractivity contribution is 5.63. The molecular formula is C18H15N7O2. The number of H-pyrrole nitrogens is 2. The van der Waals surface area contributed by atoms with Crippen molar-refractivity contribution in [3.8, 4) is 17.1 Å². The van der Waals surface area contributed by atoms with Crippen LogP contribution < -0.4 is 16.4 Å². The molecule has 0 amide bonds. The fourth-order valence-corrected chi connectivity index (χ4v) is 2.87. The Balaban J connectivity index is 1.79. The Hall–Kier alpha value is -3.75. The molecule has 0 atom stereocenters. The summed E-state index contributed by atoms with van der Waals surface area (Å²) in [5.41, 5.74) is 2.78. The minimum Gasteiger partial charge on any atom is -0.493 e. The Morgan fingerprint density at radius 2 is 2.07 bits per heavy atom. The van der Waals surface area contributed by atoms with Crippen molar-refractivity contribution in [1.29, 1.82) is 0 Å². The number of nitrogens with one attached hydrogen (secondary N) is 2. The van der Waals surface area contributed by atoms with Crippen LogP contribution in [-0.2, 0) is 0 Å². The molecule has 1 saturated carbocycles. The van der Waals surface area contributed by atoms with Gasteiger partial charge >= 0.3 is 5.69 Å². The SMILES string of the molecule is O=c1[nH]c(O)c(C=c2cnn3c(=NC4CC4)cc(-c4ccncc4)nc23)[nH]1. The second-order valence-corrected chi connectivity index (χ2v) is 6.42. The van der Waals surface area contributed by atoms with E-state index in [9.17, 15) is 9.90 Å². The van der Waals surface area contributed by atoms with Crippen molar-refractivity contribution in [2.45, 2.75) is 18.9 Å². The first-order valence-electron chi connectivity index (χ1n) is 8.53. The first-order chi connectivity index (χ1) is 13.2. The molecule has 4 heterocycles. The maximum Gasteiger partial charge on any atom is 0.326 e. The topological polar surface area (TPSA) is 124 Å². The van der Waals surface area contributed by atoms with Crippen LogP contribution in [0.5, 0.6) is 5.88 Å². The molecule has 0 spiro atoms. The molecule has 9 heteroatoms. The van der Waals surface area contributed by atoms with E-state index >= 15 is 0 Å². The molecule has 0 saturated heterocycles. The van der Waals surface area contributed by atoms with Crippen molar-refractivity contribution < 1.29 is 5.11 Å². The monoisotopic (exact) mass is 361 g/mol. The first-order valence-corrected chi connectivity index (χ1v) is 8.53. The summed E-state index contributed by atoms with van der Waals surface area (Å²) in [7, 11) is 0. The Labute approximate surface area is 151 Å². The van der Waals surface area contributed by atoms with Gasteiger partial charge in [-0.2, -0.15) is 9.61 Å². The van der Waals surface area contributed by atoms with Crippen molar-refractivity contribution in [1.82, 2.24) is 29.5 Å². The highest BCUT2D eigenvalue weighted by atomic mass is 16.3. The highest BCUT2D eigenvalue weighted by Gasteiger charge is 2.20. The van der Waals surface area contributed by atoms with Crippen molar-refractivity contribution in [2.24, 2.45) is 4.99 Å². The number of hydrogen-bond donors (Lipinski definition) is 3. The number of pyridine rings is 1. The van der Waals surface area contributed by atoms with Crippen LogP contribution in [0.25, 0.3) is 23.0 Å². The fraction of sp³-hybridized carbons (Fsp3) is 0.167. The molecule has 4 aromatic rings. The Morgan fingerprint density at radius 1 is 1.26 bits per heavy atom. The Morgan fingerprint density at radius 3 is 2.78 bits per heavy atom. The van der Waals surface area contributed by atoms with Gasteiger partial charge < -0.3 is 10.1 Å². The van der Waals surface area contributed by atoms with Crippen LogP contribution in [0, 0.1) is 0 Å². The van der Waals surface area contributed by atoms with E-state index in [4.69, 9.17) is 9.98 Å². The van der Waals surface area contributed by atoms with E-state index in [2.05, 4.69) is 20.1 Å². The maximum absolute atomic E-state index is 11.4. The van der Waals surface area contributed by atoms with Gasteiger partial charge in [0.25, 0.3) is 0 Å². The molecule has 0 aromatic carbocycles. The summed E-state index contributed by atoms with van der Waals surface area (Å²) in [6.07, 6.45) is 8.84. The lowest BCUT2D eigenvalue weighted by atomic mass is 10.2. The van der Waals surface area contributed by atoms with Crippen LogP contribution in [0.4, 0.5) is 0 Å². The number of aromatic hydroxyl groups is 1. The third-order valence-corrected chi connectivity index (χ3v) is 4.35. The number of rotatable bonds is 3. The number of nitrogens with zero attached hydrogens (tertiary/aromatic N) is 5. The van der Waals surface area contributed by atoms with Crippen LogP contribution in [0.3, 0.4) is 0 Å². The summed E-state index contributed by atoms with van der Waals surface area (Å²) < 4.78 is 1.68. The minimum absolute atomic E-state index is 0.229. The zero-order valence-electron chi connectivity index (χ0n) is 14.1. The molecule has 4 aromatic heterocycles. The summed E-state index contributed by atoms with van der Waals surface area (Å²) in [4.78, 5) is 29.7. The molecule has 0 radical (unpaired) electrons. The van der Waals surface area contributed by atoms with Crippen LogP contribution >= 0.6 is 0 Å². The molecule has 27 heavy (non-hydrogen) atoms. The number of aromatic nitrogens is 6. The summed E-state index contributed by atoms with van der Waals surface area (Å²) in [6.45, 7) is 0. The third-order valence-electron chi connectivity index (χ3n) is 4.35. The molecule has 0 aliphatic heterocycles. The molecule has 3 N–H and O–H groups in total. The second kappa shape index (κ2) is 5.90. The quantitative estimate of drug-likeness (QED) is 0.478. The fourth-order valence-electron chi connectivity index (χ4n) is 2.87. The lowest BCUT2D eigenvalue weighted by Gasteiger charge is -2.02. The highest BCUT2D eigenvalue weighted by Crippen LogP contribution is 2.22. The maximum atomic E-state index is 11.4. The smallest absolute Gasteiger partial charge is 0.326 e. The van der Waals surface area contributed by atoms with E-state index in [1.165, 1.54) is 0 Å². The van der Waals surface area contributed by atoms with E-state index in [-0.39, 0.29) is 11.6 Å². The van der Waals surface area contributed by atoms with Crippen LogP contribution in [0.1, 0.15) is 18.5 Å². The van der Waals surface area contributed by atoms with Crippen LogP contribution in [0.15, 0.2) is 46.6 Å². The largest absolute Gasteiger partial charge is 0.493 e. The van der Waals surface area contributed by atoms with Gasteiger partial charge in [0, 0.05) is 29.2 Å². The van der Waals surface area contributed by atoms with Crippen LogP contribution in [-0.4, -0.2) is 40.7 Å². The van der Waals surface area contributed by atoms with Gasteiger partial charge in [0.05, 0.1) is 17.9 Å². The number of imidazole rings is 1. The zero-order chi connectivity index (χ0) is 18.4. The summed E-state index contributed by atoms with van der Waals surface area (Å²) in [5.74, 6) is -0.229. The van der Waals surface area contributed by atoms with E-state index in [1.807, 2.05) is 18.2 Å². The molecule has 0 bridgehead atoms. The van der Waals surface area contributed by atoms with Crippen molar-refractivity contribution in [3.05, 3.63) is 63.7 Å². The number of hydrogen-bond acceptors (Lipinski definition) is 6. The van der Waals surface area contributed by atoms with Crippen molar-refractivity contribution in [2.75, 3.05) is 0 Å². The predicted octanol–water partition coefficient (Wildman–Crippen LogP) is 0.124. The van der Waals surface area contributed by atoms with Gasteiger partial charge in [0.2, 0.25) is 5.88 Å². The molecular weight excluding hydrogens is 346 g/mol. The van der Waals surface area contributed by atoms with Gasteiger partial charge in [-0.25, -0.2) is 9.78 Å². The first kappa shape index (κ1) is 15.5. The van der Waals surface area contributed by atoms with Gasteiger partial charge in [-0.15, -0.1) is 0 Å². The van der Waals surface area contributed by atoms with Crippen LogP contribution in [0.2, 0.25) is 0 Å². The van der Waals surface area contributed by atoms with Gasteiger partial charge in [-0.1, -0.05) is 0 Å². The molecule has 0 unspecified atom stereocenters. The summed E-state index contributed by atoms with van der Waals surface area (Å²) in [5, 5.41) is 14.9. The standard InChI is InChI=1S/C18H15N7O2/c26-17-14(23-18(27)24-17)7-11-9-20-25-15(21-12-1-2-12)8-13(22-16(11)25)10-3-5-19-6-4-10/h3-9,12,26H,1-2H2,(H2,23,24,27). The zero-order valence-corrected chi connectivity index (χ0v) is 14.1. The predicted molar refractivity (Wildman–Crippen MR) is 96.7 cm³/mol. The molecule has 1 aliphatic carbocycles. The van der Waals surface area contributed by atoms with Gasteiger partial charge in [-0.05, 0) is 31.1 Å². The van der Waals surface area contributed by atoms with Crippen molar-refractivity contribution in [3.63, 3.8) is 0 Å². The van der Waals surface area contributed by atoms with Gasteiger partial charge in [0.1, 0.15) is 5.69 Å². The Kier molecular flexibility index (Phi) is 3.39. The van der Waals surface area contributed by atoms with E-state index in [0.29, 0.717) is 16.9 Å². The second-order valence-electron chi connectivity index (χ2n) is 6.42. The average Bonchev–Trinajstić information content (AvgIpc) is 3.31.